The van der Waals surface area contributed by atoms with E-state index in [1.54, 1.807) is 0 Å². The first kappa shape index (κ1) is 19.9. The lowest BCUT2D eigenvalue weighted by Crippen LogP contribution is -2.56. The van der Waals surface area contributed by atoms with Crippen LogP contribution >= 0.6 is 0 Å². The van der Waals surface area contributed by atoms with Gasteiger partial charge in [-0.25, -0.2) is 0 Å². The standard InChI is InChI=1S/C22H33N3O2/c1-2-19(23)20(26)25-15-13-22(14-16-25,17-9-5-3-6-10-17)21(27)24-18-11-7-4-8-12-18/h3,5-6,9-10,18-19H,2,4,7-8,11-16,23H2,1H3,(H,24,27)/t19-/m0/s1. The molecule has 1 saturated heterocycles. The summed E-state index contributed by atoms with van der Waals surface area (Å²) in [5.74, 6) is 0.138. The Morgan fingerprint density at radius 2 is 1.78 bits per heavy atom. The third kappa shape index (κ3) is 4.34. The maximum Gasteiger partial charge on any atom is 0.239 e. The van der Waals surface area contributed by atoms with Gasteiger partial charge in [0, 0.05) is 19.1 Å². The van der Waals surface area contributed by atoms with Gasteiger partial charge in [0.15, 0.2) is 0 Å². The lowest BCUT2D eigenvalue weighted by Gasteiger charge is -2.42. The number of hydrogen-bond acceptors (Lipinski definition) is 3. The van der Waals surface area contributed by atoms with Crippen LogP contribution in [0.5, 0.6) is 0 Å². The van der Waals surface area contributed by atoms with Crippen molar-refractivity contribution in [3.05, 3.63) is 35.9 Å². The van der Waals surface area contributed by atoms with Crippen molar-refractivity contribution in [2.45, 2.75) is 75.8 Å². The molecule has 5 nitrogen and oxygen atoms in total. The third-order valence-electron chi connectivity index (χ3n) is 6.39. The number of nitrogens with one attached hydrogen (secondary N) is 1. The molecule has 1 aliphatic heterocycles. The van der Waals surface area contributed by atoms with Crippen molar-refractivity contribution in [1.29, 1.82) is 0 Å². The quantitative estimate of drug-likeness (QED) is 0.836. The van der Waals surface area contributed by atoms with Crippen LogP contribution in [0.25, 0.3) is 0 Å². The molecule has 0 unspecified atom stereocenters. The minimum Gasteiger partial charge on any atom is -0.353 e. The van der Waals surface area contributed by atoms with E-state index in [2.05, 4.69) is 17.4 Å². The average molecular weight is 372 g/mol. The number of hydrogen-bond donors (Lipinski definition) is 2. The molecule has 1 aromatic carbocycles. The molecular formula is C22H33N3O2. The van der Waals surface area contributed by atoms with Gasteiger partial charge in [0.2, 0.25) is 11.8 Å². The summed E-state index contributed by atoms with van der Waals surface area (Å²) in [6, 6.07) is 9.93. The van der Waals surface area contributed by atoms with E-state index in [-0.39, 0.29) is 11.8 Å². The van der Waals surface area contributed by atoms with Gasteiger partial charge < -0.3 is 16.0 Å². The highest BCUT2D eigenvalue weighted by Crippen LogP contribution is 2.36. The molecule has 0 bridgehead atoms. The fourth-order valence-corrected chi connectivity index (χ4v) is 4.49. The fraction of sp³-hybridized carbons (Fsp3) is 0.636. The molecule has 0 spiro atoms. The number of piperidine rings is 1. The number of benzene rings is 1. The van der Waals surface area contributed by atoms with Crippen molar-refractivity contribution < 1.29 is 9.59 Å². The Labute approximate surface area is 162 Å². The summed E-state index contributed by atoms with van der Waals surface area (Å²) in [6.07, 6.45) is 7.75. The number of nitrogens with two attached hydrogens (primary N) is 1. The summed E-state index contributed by atoms with van der Waals surface area (Å²) in [5.41, 5.74) is 6.45. The van der Waals surface area contributed by atoms with Crippen molar-refractivity contribution in [2.24, 2.45) is 5.73 Å². The van der Waals surface area contributed by atoms with E-state index in [1.165, 1.54) is 19.3 Å². The highest BCUT2D eigenvalue weighted by molar-refractivity contribution is 5.89. The van der Waals surface area contributed by atoms with Crippen LogP contribution in [-0.2, 0) is 15.0 Å². The first-order valence-corrected chi connectivity index (χ1v) is 10.5. The zero-order valence-electron chi connectivity index (χ0n) is 16.5. The van der Waals surface area contributed by atoms with Crippen LogP contribution in [0, 0.1) is 0 Å². The second kappa shape index (κ2) is 8.87. The molecule has 1 aliphatic carbocycles. The minimum absolute atomic E-state index is 0.00634. The number of carbonyl (C=O) groups excluding carboxylic acids is 2. The molecule has 2 amide bonds. The van der Waals surface area contributed by atoms with Crippen molar-refractivity contribution >= 4 is 11.8 Å². The molecule has 2 aliphatic rings. The van der Waals surface area contributed by atoms with E-state index in [1.807, 2.05) is 30.0 Å². The fourth-order valence-electron chi connectivity index (χ4n) is 4.49. The number of rotatable bonds is 5. The number of carbonyl (C=O) groups is 2. The first-order chi connectivity index (χ1) is 13.1. The zero-order valence-corrected chi connectivity index (χ0v) is 16.5. The Hall–Kier alpha value is -1.88. The van der Waals surface area contributed by atoms with Crippen molar-refractivity contribution in [3.8, 4) is 0 Å². The van der Waals surface area contributed by atoms with E-state index in [9.17, 15) is 9.59 Å². The molecule has 0 aromatic heterocycles. The largest absolute Gasteiger partial charge is 0.353 e. The second-order valence-electron chi connectivity index (χ2n) is 8.10. The summed E-state index contributed by atoms with van der Waals surface area (Å²) in [4.78, 5) is 27.7. The first-order valence-electron chi connectivity index (χ1n) is 10.5. The monoisotopic (exact) mass is 371 g/mol. The van der Waals surface area contributed by atoms with Crippen LogP contribution in [0.15, 0.2) is 30.3 Å². The Balaban J connectivity index is 1.76. The molecule has 148 valence electrons. The molecule has 27 heavy (non-hydrogen) atoms. The maximum absolute atomic E-state index is 13.4. The summed E-state index contributed by atoms with van der Waals surface area (Å²) in [5, 5.41) is 3.34. The average Bonchev–Trinajstić information content (AvgIpc) is 2.74. The molecule has 2 fully saturated rings. The summed E-state index contributed by atoms with van der Waals surface area (Å²) in [6.45, 7) is 3.09. The van der Waals surface area contributed by atoms with Crippen molar-refractivity contribution in [1.82, 2.24) is 10.2 Å². The number of likely N-dealkylation sites (tertiary alicyclic amines) is 1. The van der Waals surface area contributed by atoms with E-state index in [0.717, 1.165) is 18.4 Å². The SMILES string of the molecule is CC[C@H](N)C(=O)N1CCC(C(=O)NC2CCCCC2)(c2ccccc2)CC1. The van der Waals surface area contributed by atoms with Crippen LogP contribution in [0.2, 0.25) is 0 Å². The summed E-state index contributed by atoms with van der Waals surface area (Å²) in [7, 11) is 0. The van der Waals surface area contributed by atoms with Gasteiger partial charge in [-0.1, -0.05) is 56.5 Å². The Morgan fingerprint density at radius 3 is 2.37 bits per heavy atom. The van der Waals surface area contributed by atoms with E-state index in [0.29, 0.717) is 38.4 Å². The Bertz CT molecular complexity index is 632. The smallest absolute Gasteiger partial charge is 0.239 e. The lowest BCUT2D eigenvalue weighted by molar-refractivity contribution is -0.138. The molecule has 1 atom stereocenters. The highest BCUT2D eigenvalue weighted by Gasteiger charge is 2.44. The van der Waals surface area contributed by atoms with Gasteiger partial charge in [0.1, 0.15) is 0 Å². The lowest BCUT2D eigenvalue weighted by atomic mass is 9.71. The Morgan fingerprint density at radius 1 is 1.15 bits per heavy atom. The molecule has 1 heterocycles. The van der Waals surface area contributed by atoms with Gasteiger partial charge in [-0.3, -0.25) is 9.59 Å². The van der Waals surface area contributed by atoms with Crippen LogP contribution < -0.4 is 11.1 Å². The van der Waals surface area contributed by atoms with Gasteiger partial charge in [-0.05, 0) is 37.7 Å². The normalized spacial score (nSPS) is 21.5. The molecule has 0 radical (unpaired) electrons. The van der Waals surface area contributed by atoms with E-state index >= 15 is 0 Å². The van der Waals surface area contributed by atoms with Gasteiger partial charge in [0.25, 0.3) is 0 Å². The molecule has 1 saturated carbocycles. The molecule has 3 rings (SSSR count). The maximum atomic E-state index is 13.4. The van der Waals surface area contributed by atoms with Crippen LogP contribution in [0.4, 0.5) is 0 Å². The molecule has 1 aromatic rings. The van der Waals surface area contributed by atoms with Gasteiger partial charge in [0.05, 0.1) is 11.5 Å². The minimum atomic E-state index is -0.550. The van der Waals surface area contributed by atoms with Gasteiger partial charge in [-0.2, -0.15) is 0 Å². The van der Waals surface area contributed by atoms with Crippen molar-refractivity contribution in [3.63, 3.8) is 0 Å². The van der Waals surface area contributed by atoms with E-state index in [4.69, 9.17) is 5.73 Å². The molecule has 3 N–H and O–H groups in total. The highest BCUT2D eigenvalue weighted by atomic mass is 16.2. The summed E-state index contributed by atoms with van der Waals surface area (Å²) >= 11 is 0. The predicted molar refractivity (Wildman–Crippen MR) is 107 cm³/mol. The second-order valence-corrected chi connectivity index (χ2v) is 8.10. The van der Waals surface area contributed by atoms with E-state index < -0.39 is 11.5 Å². The molecule has 5 heteroatoms. The third-order valence-corrected chi connectivity index (χ3v) is 6.39. The predicted octanol–water partition coefficient (Wildman–Crippen LogP) is 2.73. The van der Waals surface area contributed by atoms with Gasteiger partial charge in [-0.15, -0.1) is 0 Å². The number of amides is 2. The molecular weight excluding hydrogens is 338 g/mol. The van der Waals surface area contributed by atoms with Crippen LogP contribution in [-0.4, -0.2) is 41.9 Å². The number of nitrogens with zero attached hydrogens (tertiary/aromatic N) is 1. The topological polar surface area (TPSA) is 75.4 Å². The zero-order chi connectivity index (χ0) is 19.3. The van der Waals surface area contributed by atoms with Gasteiger partial charge >= 0.3 is 0 Å². The van der Waals surface area contributed by atoms with Crippen molar-refractivity contribution in [2.75, 3.05) is 13.1 Å². The Kier molecular flexibility index (Phi) is 6.53. The van der Waals surface area contributed by atoms with Crippen LogP contribution in [0.3, 0.4) is 0 Å². The van der Waals surface area contributed by atoms with Crippen LogP contribution in [0.1, 0.15) is 63.9 Å². The summed E-state index contributed by atoms with van der Waals surface area (Å²) < 4.78 is 0.